The summed E-state index contributed by atoms with van der Waals surface area (Å²) in [6.07, 6.45) is 0. The molecule has 0 N–H and O–H groups in total. The molecule has 2 heterocycles. The van der Waals surface area contributed by atoms with Gasteiger partial charge in [-0.05, 0) is 117 Å². The predicted molar refractivity (Wildman–Crippen MR) is 262 cm³/mol. The molecular weight excluding hydrogens is 757 g/mol. The van der Waals surface area contributed by atoms with Gasteiger partial charge in [0.1, 0.15) is 0 Å². The number of benzene rings is 10. The smallest absolute Gasteiger partial charge is 0.0541 e. The van der Waals surface area contributed by atoms with Crippen molar-refractivity contribution in [2.24, 2.45) is 0 Å². The van der Waals surface area contributed by atoms with Crippen LogP contribution in [-0.2, 0) is 0 Å². The van der Waals surface area contributed by atoms with E-state index >= 15 is 0 Å². The first kappa shape index (κ1) is 35.2. The summed E-state index contributed by atoms with van der Waals surface area (Å²) in [5.74, 6) is 0. The SMILES string of the molecule is c1ccc(N(c2ccc(-c3ccc(-c4ccc5ccccc5c4)cc3)cc2)c2ccc(-n3c4ccccc4c4ccccc43)cc2)c(-c2ccc3sc4ccccc4c3c2)c1. The van der Waals surface area contributed by atoms with Gasteiger partial charge in [-0.1, -0.05) is 152 Å². The van der Waals surface area contributed by atoms with Crippen LogP contribution in [0, 0.1) is 0 Å². The third kappa shape index (κ3) is 6.09. The lowest BCUT2D eigenvalue weighted by molar-refractivity contribution is 1.17. The molecule has 12 rings (SSSR count). The minimum absolute atomic E-state index is 1.09. The van der Waals surface area contributed by atoms with Crippen LogP contribution in [0.2, 0.25) is 0 Å². The summed E-state index contributed by atoms with van der Waals surface area (Å²) >= 11 is 1.86. The van der Waals surface area contributed by atoms with Crippen LogP contribution >= 0.6 is 11.3 Å². The maximum Gasteiger partial charge on any atom is 0.0541 e. The molecule has 0 unspecified atom stereocenters. The zero-order valence-electron chi connectivity index (χ0n) is 33.2. The van der Waals surface area contributed by atoms with Crippen LogP contribution in [0.4, 0.5) is 17.1 Å². The van der Waals surface area contributed by atoms with E-state index in [9.17, 15) is 0 Å². The molecule has 286 valence electrons. The Kier molecular flexibility index (Phi) is 8.39. The number of fused-ring (bicyclic) bond motifs is 7. The van der Waals surface area contributed by atoms with Gasteiger partial charge in [-0.3, -0.25) is 0 Å². The van der Waals surface area contributed by atoms with Crippen LogP contribution in [0.25, 0.3) is 91.8 Å². The number of nitrogens with zero attached hydrogens (tertiary/aromatic N) is 2. The van der Waals surface area contributed by atoms with E-state index in [1.807, 2.05) is 11.3 Å². The van der Waals surface area contributed by atoms with E-state index in [0.717, 1.165) is 22.7 Å². The van der Waals surface area contributed by atoms with Gasteiger partial charge in [0.05, 0.1) is 16.7 Å². The van der Waals surface area contributed by atoms with Crippen molar-refractivity contribution < 1.29 is 0 Å². The molecule has 0 fully saturated rings. The molecule has 0 aliphatic carbocycles. The van der Waals surface area contributed by atoms with Crippen LogP contribution in [0.5, 0.6) is 0 Å². The molecule has 2 aromatic heterocycles. The summed E-state index contributed by atoms with van der Waals surface area (Å²) in [4.78, 5) is 2.41. The number of rotatable bonds is 7. The molecular formula is C58H38N2S. The number of hydrogen-bond acceptors (Lipinski definition) is 2. The summed E-state index contributed by atoms with van der Waals surface area (Å²) in [6.45, 7) is 0. The van der Waals surface area contributed by atoms with Crippen molar-refractivity contribution in [2.75, 3.05) is 4.90 Å². The summed E-state index contributed by atoms with van der Waals surface area (Å²) in [7, 11) is 0. The van der Waals surface area contributed by atoms with Crippen LogP contribution in [-0.4, -0.2) is 4.57 Å². The lowest BCUT2D eigenvalue weighted by Crippen LogP contribution is -2.11. The third-order valence-electron chi connectivity index (χ3n) is 12.2. The minimum atomic E-state index is 1.09. The molecule has 61 heavy (non-hydrogen) atoms. The van der Waals surface area contributed by atoms with Crippen molar-refractivity contribution in [3.8, 4) is 39.1 Å². The Labute approximate surface area is 358 Å². The van der Waals surface area contributed by atoms with Gasteiger partial charge in [0.15, 0.2) is 0 Å². The van der Waals surface area contributed by atoms with Gasteiger partial charge in [0.2, 0.25) is 0 Å². The van der Waals surface area contributed by atoms with Crippen LogP contribution in [0.1, 0.15) is 0 Å². The Morgan fingerprint density at radius 3 is 1.56 bits per heavy atom. The molecule has 0 saturated carbocycles. The van der Waals surface area contributed by atoms with E-state index < -0.39 is 0 Å². The minimum Gasteiger partial charge on any atom is -0.310 e. The normalized spacial score (nSPS) is 11.6. The number of aromatic nitrogens is 1. The van der Waals surface area contributed by atoms with Crippen LogP contribution in [0.15, 0.2) is 231 Å². The molecule has 12 aromatic rings. The van der Waals surface area contributed by atoms with E-state index in [4.69, 9.17) is 0 Å². The van der Waals surface area contributed by atoms with Gasteiger partial charge >= 0.3 is 0 Å². The number of anilines is 3. The number of thiophene rings is 1. The predicted octanol–water partition coefficient (Wildman–Crippen LogP) is 16.8. The lowest BCUT2D eigenvalue weighted by Gasteiger charge is -2.28. The highest BCUT2D eigenvalue weighted by Crippen LogP contribution is 2.44. The first-order valence-electron chi connectivity index (χ1n) is 20.8. The van der Waals surface area contributed by atoms with Crippen molar-refractivity contribution in [3.63, 3.8) is 0 Å². The molecule has 10 aromatic carbocycles. The Morgan fingerprint density at radius 2 is 0.836 bits per heavy atom. The van der Waals surface area contributed by atoms with Gasteiger partial charge in [0, 0.05) is 53.6 Å². The highest BCUT2D eigenvalue weighted by Gasteiger charge is 2.19. The summed E-state index contributed by atoms with van der Waals surface area (Å²) < 4.78 is 5.00. The van der Waals surface area contributed by atoms with Gasteiger partial charge in [0.25, 0.3) is 0 Å². The third-order valence-corrected chi connectivity index (χ3v) is 13.4. The first-order chi connectivity index (χ1) is 30.2. The van der Waals surface area contributed by atoms with Gasteiger partial charge in [-0.15, -0.1) is 11.3 Å². The largest absolute Gasteiger partial charge is 0.310 e. The molecule has 0 spiro atoms. The van der Waals surface area contributed by atoms with Gasteiger partial charge < -0.3 is 9.47 Å². The fourth-order valence-electron chi connectivity index (χ4n) is 9.21. The van der Waals surface area contributed by atoms with E-state index in [1.165, 1.54) is 86.1 Å². The highest BCUT2D eigenvalue weighted by molar-refractivity contribution is 7.25. The maximum atomic E-state index is 2.41. The average molecular weight is 795 g/mol. The second-order valence-corrected chi connectivity index (χ2v) is 16.8. The lowest BCUT2D eigenvalue weighted by atomic mass is 9.98. The van der Waals surface area contributed by atoms with Crippen molar-refractivity contribution in [1.82, 2.24) is 4.57 Å². The summed E-state index contributed by atoms with van der Waals surface area (Å²) in [5.41, 5.74) is 14.0. The van der Waals surface area contributed by atoms with Crippen molar-refractivity contribution >= 4 is 81.1 Å². The summed E-state index contributed by atoms with van der Waals surface area (Å²) in [6, 6.07) is 84.2. The fraction of sp³-hybridized carbons (Fsp3) is 0. The molecule has 0 atom stereocenters. The van der Waals surface area contributed by atoms with Crippen LogP contribution < -0.4 is 4.90 Å². The first-order valence-corrected chi connectivity index (χ1v) is 21.6. The monoisotopic (exact) mass is 794 g/mol. The fourth-order valence-corrected chi connectivity index (χ4v) is 10.3. The maximum absolute atomic E-state index is 2.41. The Balaban J connectivity index is 0.957. The van der Waals surface area contributed by atoms with Crippen molar-refractivity contribution in [1.29, 1.82) is 0 Å². The Morgan fingerprint density at radius 1 is 0.328 bits per heavy atom. The molecule has 0 bridgehead atoms. The van der Waals surface area contributed by atoms with Gasteiger partial charge in [-0.25, -0.2) is 0 Å². The summed E-state index contributed by atoms with van der Waals surface area (Å²) in [5, 5.41) is 7.64. The van der Waals surface area contributed by atoms with Gasteiger partial charge in [-0.2, -0.15) is 0 Å². The highest BCUT2D eigenvalue weighted by atomic mass is 32.1. The number of hydrogen-bond donors (Lipinski definition) is 0. The zero-order valence-corrected chi connectivity index (χ0v) is 34.1. The molecule has 0 aliphatic rings. The molecule has 0 aliphatic heterocycles. The molecule has 2 nitrogen and oxygen atoms in total. The average Bonchev–Trinajstić information content (AvgIpc) is 3.88. The van der Waals surface area contributed by atoms with Crippen molar-refractivity contribution in [3.05, 3.63) is 231 Å². The topological polar surface area (TPSA) is 8.17 Å². The quantitative estimate of drug-likeness (QED) is 0.156. The molecule has 0 amide bonds. The molecule has 3 heteroatoms. The second kappa shape index (κ2) is 14.5. The Bertz CT molecular complexity index is 3520. The second-order valence-electron chi connectivity index (χ2n) is 15.7. The van der Waals surface area contributed by atoms with E-state index in [0.29, 0.717) is 0 Å². The van der Waals surface area contributed by atoms with Crippen molar-refractivity contribution in [2.45, 2.75) is 0 Å². The molecule has 0 saturated heterocycles. The Hall–Kier alpha value is -7.72. The standard InChI is InChI=1S/C58H38N2S/c1-2-12-43-37-44(26-25-39(43)11-1)42-23-21-40(22-24-42)41-27-30-46(31-28-41)59(47-32-34-48(35-33-47)60-55-18-8-4-14-50(55)51-15-5-9-19-56(51)60)54-17-7-3-13-49(54)45-29-36-58-53(38-45)52-16-6-10-20-57(52)61-58/h1-38H. The van der Waals surface area contributed by atoms with E-state index in [1.54, 1.807) is 0 Å². The van der Waals surface area contributed by atoms with E-state index in [-0.39, 0.29) is 0 Å². The number of para-hydroxylation sites is 3. The molecule has 0 radical (unpaired) electrons. The van der Waals surface area contributed by atoms with E-state index in [2.05, 4.69) is 240 Å². The van der Waals surface area contributed by atoms with Crippen LogP contribution in [0.3, 0.4) is 0 Å². The zero-order chi connectivity index (χ0) is 40.3.